The Morgan fingerprint density at radius 2 is 1.87 bits per heavy atom. The van der Waals surface area contributed by atoms with Crippen LogP contribution in [-0.2, 0) is 6.54 Å². The van der Waals surface area contributed by atoms with Gasteiger partial charge in [0.15, 0.2) is 6.29 Å². The van der Waals surface area contributed by atoms with Crippen molar-refractivity contribution in [2.75, 3.05) is 14.2 Å². The summed E-state index contributed by atoms with van der Waals surface area (Å²) in [7, 11) is 3.13. The van der Waals surface area contributed by atoms with Crippen molar-refractivity contribution >= 4 is 17.2 Å². The number of halogens is 1. The third-order valence-electron chi connectivity index (χ3n) is 3.80. The molecule has 0 atom stereocenters. The molecule has 3 aromatic rings. The molecule has 23 heavy (non-hydrogen) atoms. The minimum atomic E-state index is -0.275. The molecule has 3 rings (SSSR count). The predicted octanol–water partition coefficient (Wildman–Crippen LogP) is 3.66. The van der Waals surface area contributed by atoms with Gasteiger partial charge in [-0.1, -0.05) is 12.1 Å². The molecule has 0 saturated heterocycles. The van der Waals surface area contributed by atoms with Crippen LogP contribution in [-0.4, -0.2) is 25.1 Å². The Kier molecular flexibility index (Phi) is 4.02. The molecule has 2 aromatic carbocycles. The molecule has 0 aliphatic rings. The van der Waals surface area contributed by atoms with E-state index in [-0.39, 0.29) is 5.82 Å². The highest BCUT2D eigenvalue weighted by Gasteiger charge is 2.15. The van der Waals surface area contributed by atoms with E-state index in [1.54, 1.807) is 38.6 Å². The Labute approximate surface area is 133 Å². The number of nitrogens with zero attached hydrogens (tertiary/aromatic N) is 1. The summed E-state index contributed by atoms with van der Waals surface area (Å²) >= 11 is 0. The number of rotatable bonds is 5. The van der Waals surface area contributed by atoms with E-state index in [4.69, 9.17) is 9.47 Å². The van der Waals surface area contributed by atoms with Crippen molar-refractivity contribution in [3.05, 3.63) is 59.5 Å². The lowest BCUT2D eigenvalue weighted by molar-refractivity contribution is 0.112. The minimum Gasteiger partial charge on any atom is -0.497 e. The highest BCUT2D eigenvalue weighted by atomic mass is 19.1. The first-order chi connectivity index (χ1) is 11.2. The first-order valence-electron chi connectivity index (χ1n) is 7.10. The van der Waals surface area contributed by atoms with Crippen LogP contribution in [0, 0.1) is 5.82 Å². The van der Waals surface area contributed by atoms with Crippen molar-refractivity contribution in [2.24, 2.45) is 0 Å². The Morgan fingerprint density at radius 3 is 2.48 bits per heavy atom. The molecular formula is C18H16FNO3. The van der Waals surface area contributed by atoms with Gasteiger partial charge in [0.25, 0.3) is 0 Å². The second-order valence-electron chi connectivity index (χ2n) is 5.18. The zero-order valence-electron chi connectivity index (χ0n) is 12.9. The molecule has 0 aliphatic heterocycles. The predicted molar refractivity (Wildman–Crippen MR) is 85.9 cm³/mol. The summed E-state index contributed by atoms with van der Waals surface area (Å²) in [5.41, 5.74) is 2.30. The first-order valence-corrected chi connectivity index (χ1v) is 7.10. The van der Waals surface area contributed by atoms with Crippen LogP contribution in [0.4, 0.5) is 4.39 Å². The molecule has 0 saturated carbocycles. The van der Waals surface area contributed by atoms with Crippen molar-refractivity contribution in [2.45, 2.75) is 6.54 Å². The first kappa shape index (κ1) is 15.1. The van der Waals surface area contributed by atoms with Gasteiger partial charge in [-0.3, -0.25) is 4.79 Å². The average Bonchev–Trinajstić information content (AvgIpc) is 2.93. The molecule has 0 radical (unpaired) electrons. The van der Waals surface area contributed by atoms with E-state index < -0.39 is 0 Å². The van der Waals surface area contributed by atoms with Crippen LogP contribution in [0.1, 0.15) is 15.9 Å². The van der Waals surface area contributed by atoms with E-state index in [2.05, 4.69) is 0 Å². The molecule has 0 fully saturated rings. The fraction of sp³-hybridized carbons (Fsp3) is 0.167. The second kappa shape index (κ2) is 6.12. The molecule has 4 nitrogen and oxygen atoms in total. The fourth-order valence-corrected chi connectivity index (χ4v) is 2.68. The van der Waals surface area contributed by atoms with Crippen LogP contribution in [0.3, 0.4) is 0 Å². The third kappa shape index (κ3) is 2.77. The molecule has 118 valence electrons. The molecular weight excluding hydrogens is 297 g/mol. The van der Waals surface area contributed by atoms with Gasteiger partial charge >= 0.3 is 0 Å². The number of hydrogen-bond acceptors (Lipinski definition) is 3. The van der Waals surface area contributed by atoms with Gasteiger partial charge in [0.1, 0.15) is 17.3 Å². The number of benzene rings is 2. The van der Waals surface area contributed by atoms with Gasteiger partial charge in [0.2, 0.25) is 0 Å². The van der Waals surface area contributed by atoms with Gasteiger partial charge in [-0.05, 0) is 17.7 Å². The average molecular weight is 313 g/mol. The molecule has 5 heteroatoms. The smallest absolute Gasteiger partial charge is 0.152 e. The van der Waals surface area contributed by atoms with Gasteiger partial charge in [-0.15, -0.1) is 0 Å². The number of ether oxygens (including phenoxy) is 2. The second-order valence-corrected chi connectivity index (χ2v) is 5.18. The highest BCUT2D eigenvalue weighted by Crippen LogP contribution is 2.34. The van der Waals surface area contributed by atoms with Gasteiger partial charge in [0, 0.05) is 30.4 Å². The third-order valence-corrected chi connectivity index (χ3v) is 3.80. The number of carbonyl (C=O) groups is 1. The molecule has 0 bridgehead atoms. The van der Waals surface area contributed by atoms with E-state index in [1.807, 2.05) is 10.6 Å². The largest absolute Gasteiger partial charge is 0.497 e. The molecule has 0 aliphatic carbocycles. The van der Waals surface area contributed by atoms with Crippen molar-refractivity contribution in [3.8, 4) is 11.5 Å². The summed E-state index contributed by atoms with van der Waals surface area (Å²) in [6.45, 7) is 0.515. The molecule has 0 N–H and O–H groups in total. The maximum Gasteiger partial charge on any atom is 0.152 e. The van der Waals surface area contributed by atoms with Crippen LogP contribution >= 0.6 is 0 Å². The number of carbonyl (C=O) groups excluding carboxylic acids is 1. The van der Waals surface area contributed by atoms with Gasteiger partial charge in [-0.25, -0.2) is 4.39 Å². The Hall–Kier alpha value is -2.82. The minimum absolute atomic E-state index is 0.275. The normalized spacial score (nSPS) is 10.7. The zero-order chi connectivity index (χ0) is 16.4. The van der Waals surface area contributed by atoms with E-state index in [0.717, 1.165) is 22.8 Å². The quantitative estimate of drug-likeness (QED) is 0.675. The number of hydrogen-bond donors (Lipinski definition) is 0. The standard InChI is InChI=1S/C18H16FNO3/c1-22-15-7-16-18(17(8-15)23-2)13(11-21)10-20(16)9-12-3-5-14(19)6-4-12/h3-8,10-11H,9H2,1-2H3. The maximum atomic E-state index is 13.0. The lowest BCUT2D eigenvalue weighted by Gasteiger charge is -2.09. The van der Waals surface area contributed by atoms with Gasteiger partial charge < -0.3 is 14.0 Å². The number of methoxy groups -OCH3 is 2. The van der Waals surface area contributed by atoms with Crippen molar-refractivity contribution in [3.63, 3.8) is 0 Å². The van der Waals surface area contributed by atoms with Crippen LogP contribution in [0.5, 0.6) is 11.5 Å². The number of aromatic nitrogens is 1. The van der Waals surface area contributed by atoms with Crippen molar-refractivity contribution in [1.82, 2.24) is 4.57 Å². The monoisotopic (exact) mass is 313 g/mol. The van der Waals surface area contributed by atoms with Crippen LogP contribution in [0.25, 0.3) is 10.9 Å². The Morgan fingerprint density at radius 1 is 1.13 bits per heavy atom. The number of fused-ring (bicyclic) bond motifs is 1. The summed E-state index contributed by atoms with van der Waals surface area (Å²) in [6.07, 6.45) is 2.57. The van der Waals surface area contributed by atoms with Crippen molar-refractivity contribution in [1.29, 1.82) is 0 Å². The lowest BCUT2D eigenvalue weighted by atomic mass is 10.1. The van der Waals surface area contributed by atoms with Crippen LogP contribution in [0.2, 0.25) is 0 Å². The molecule has 1 aromatic heterocycles. The van der Waals surface area contributed by atoms with Gasteiger partial charge in [-0.2, -0.15) is 0 Å². The molecule has 0 amide bonds. The fourth-order valence-electron chi connectivity index (χ4n) is 2.68. The maximum absolute atomic E-state index is 13.0. The van der Waals surface area contributed by atoms with E-state index >= 15 is 0 Å². The summed E-state index contributed by atoms with van der Waals surface area (Å²) in [6, 6.07) is 9.88. The molecule has 1 heterocycles. The van der Waals surface area contributed by atoms with Crippen LogP contribution < -0.4 is 9.47 Å². The van der Waals surface area contributed by atoms with E-state index in [9.17, 15) is 9.18 Å². The Balaban J connectivity index is 2.16. The topological polar surface area (TPSA) is 40.5 Å². The molecule has 0 spiro atoms. The van der Waals surface area contributed by atoms with Crippen molar-refractivity contribution < 1.29 is 18.7 Å². The van der Waals surface area contributed by atoms with E-state index in [1.165, 1.54) is 12.1 Å². The van der Waals surface area contributed by atoms with Gasteiger partial charge in [0.05, 0.1) is 25.1 Å². The Bertz CT molecular complexity index is 853. The SMILES string of the molecule is COc1cc(OC)c2c(C=O)cn(Cc3ccc(F)cc3)c2c1. The zero-order valence-corrected chi connectivity index (χ0v) is 12.9. The van der Waals surface area contributed by atoms with E-state index in [0.29, 0.717) is 23.6 Å². The lowest BCUT2D eigenvalue weighted by Crippen LogP contribution is -1.98. The summed E-state index contributed by atoms with van der Waals surface area (Å²) in [5.74, 6) is 0.951. The number of aldehydes is 1. The molecule has 0 unspecified atom stereocenters. The summed E-state index contributed by atoms with van der Waals surface area (Å²) in [5, 5.41) is 0.741. The summed E-state index contributed by atoms with van der Waals surface area (Å²) in [4.78, 5) is 11.4. The highest BCUT2D eigenvalue weighted by molar-refractivity contribution is 6.02. The summed E-state index contributed by atoms with van der Waals surface area (Å²) < 4.78 is 25.7. The van der Waals surface area contributed by atoms with Crippen LogP contribution in [0.15, 0.2) is 42.6 Å².